The highest BCUT2D eigenvalue weighted by Gasteiger charge is 2.37. The summed E-state index contributed by atoms with van der Waals surface area (Å²) in [5.74, 6) is -2.14. The van der Waals surface area contributed by atoms with Gasteiger partial charge in [-0.1, -0.05) is 47.7 Å². The zero-order valence-electron chi connectivity index (χ0n) is 15.2. The summed E-state index contributed by atoms with van der Waals surface area (Å²) in [7, 11) is 0. The summed E-state index contributed by atoms with van der Waals surface area (Å²) in [6, 6.07) is 5.93. The fraction of sp³-hybridized carbons (Fsp3) is 0.278. The molecule has 29 heavy (non-hydrogen) atoms. The highest BCUT2D eigenvalue weighted by atomic mass is 35.5. The zero-order valence-corrected chi connectivity index (χ0v) is 17.6. The van der Waals surface area contributed by atoms with Gasteiger partial charge < -0.3 is 9.84 Å². The minimum absolute atomic E-state index is 0.163. The van der Waals surface area contributed by atoms with Crippen LogP contribution in [-0.4, -0.2) is 62.1 Å². The minimum atomic E-state index is -1.07. The van der Waals surface area contributed by atoms with Gasteiger partial charge in [-0.2, -0.15) is 5.10 Å². The SMILES string of the molecule is CCOC(=O)CN1C(=O)/C(=C/N2N=C(c3ccc(Cl)cc3)CC2C(=O)O)SC1=S. The van der Waals surface area contributed by atoms with Crippen molar-refractivity contribution < 1.29 is 24.2 Å². The normalized spacial score (nSPS) is 20.4. The van der Waals surface area contributed by atoms with Crippen LogP contribution in [0.5, 0.6) is 0 Å². The topological polar surface area (TPSA) is 99.5 Å². The lowest BCUT2D eigenvalue weighted by Gasteiger charge is -2.16. The Balaban J connectivity index is 1.83. The number of thioether (sulfide) groups is 1. The van der Waals surface area contributed by atoms with Crippen LogP contribution in [0.3, 0.4) is 0 Å². The number of rotatable bonds is 6. The Kier molecular flexibility index (Phi) is 6.56. The van der Waals surface area contributed by atoms with Crippen LogP contribution in [0.4, 0.5) is 0 Å². The van der Waals surface area contributed by atoms with Crippen molar-refractivity contribution in [2.45, 2.75) is 19.4 Å². The Morgan fingerprint density at radius 3 is 2.72 bits per heavy atom. The first-order valence-electron chi connectivity index (χ1n) is 8.55. The monoisotopic (exact) mass is 453 g/mol. The molecule has 2 aliphatic heterocycles. The average Bonchev–Trinajstić information content (AvgIpc) is 3.20. The number of hydrogen-bond donors (Lipinski definition) is 1. The first kappa shape index (κ1) is 21.3. The molecule has 0 aliphatic carbocycles. The van der Waals surface area contributed by atoms with Gasteiger partial charge in [0.2, 0.25) is 0 Å². The molecule has 2 heterocycles. The highest BCUT2D eigenvalue weighted by Crippen LogP contribution is 2.33. The molecule has 1 atom stereocenters. The number of esters is 1. The maximum absolute atomic E-state index is 12.6. The van der Waals surface area contributed by atoms with Gasteiger partial charge >= 0.3 is 11.9 Å². The number of carbonyl (C=O) groups is 3. The number of carboxylic acids is 1. The second kappa shape index (κ2) is 8.93. The fourth-order valence-electron chi connectivity index (χ4n) is 2.75. The van der Waals surface area contributed by atoms with E-state index >= 15 is 0 Å². The van der Waals surface area contributed by atoms with Crippen LogP contribution in [0.1, 0.15) is 18.9 Å². The standard InChI is InChI=1S/C18H16ClN3O5S2/c1-2-27-15(23)9-21-16(24)14(29-18(21)28)8-22-13(17(25)26)7-12(20-22)10-3-5-11(19)6-4-10/h3-6,8,13H,2,7,9H2,1H3,(H,25,26)/b14-8-. The number of benzene rings is 1. The van der Waals surface area contributed by atoms with E-state index in [2.05, 4.69) is 5.10 Å². The van der Waals surface area contributed by atoms with E-state index < -0.39 is 23.9 Å². The smallest absolute Gasteiger partial charge is 0.328 e. The molecule has 1 amide bonds. The summed E-state index contributed by atoms with van der Waals surface area (Å²) in [4.78, 5) is 37.3. The molecule has 2 aliphatic rings. The molecule has 1 N–H and O–H groups in total. The van der Waals surface area contributed by atoms with Crippen molar-refractivity contribution in [2.24, 2.45) is 5.10 Å². The molecule has 0 spiro atoms. The molecule has 0 aromatic heterocycles. The molecule has 1 unspecified atom stereocenters. The number of aliphatic carboxylic acids is 1. The van der Waals surface area contributed by atoms with Crippen LogP contribution < -0.4 is 0 Å². The molecule has 8 nitrogen and oxygen atoms in total. The number of carboxylic acid groups (broad SMARTS) is 1. The van der Waals surface area contributed by atoms with Crippen molar-refractivity contribution in [2.75, 3.05) is 13.2 Å². The summed E-state index contributed by atoms with van der Waals surface area (Å²) in [5, 5.41) is 15.7. The van der Waals surface area contributed by atoms with Gasteiger partial charge in [0.05, 0.1) is 17.2 Å². The average molecular weight is 454 g/mol. The van der Waals surface area contributed by atoms with E-state index in [1.807, 2.05) is 0 Å². The molecule has 1 fully saturated rings. The van der Waals surface area contributed by atoms with Crippen LogP contribution in [0.15, 0.2) is 40.5 Å². The van der Waals surface area contributed by atoms with Crippen LogP contribution in [0, 0.1) is 0 Å². The Morgan fingerprint density at radius 2 is 2.10 bits per heavy atom. The molecule has 1 aromatic carbocycles. The van der Waals surface area contributed by atoms with Gasteiger partial charge in [0.25, 0.3) is 5.91 Å². The quantitative estimate of drug-likeness (QED) is 0.398. The lowest BCUT2D eigenvalue weighted by atomic mass is 10.0. The predicted octanol–water partition coefficient (Wildman–Crippen LogP) is 2.47. The Morgan fingerprint density at radius 1 is 1.41 bits per heavy atom. The Labute approximate surface area is 181 Å². The van der Waals surface area contributed by atoms with Crippen molar-refractivity contribution in [3.05, 3.63) is 46.0 Å². The summed E-state index contributed by atoms with van der Waals surface area (Å²) < 4.78 is 5.05. The van der Waals surface area contributed by atoms with E-state index in [9.17, 15) is 19.5 Å². The van der Waals surface area contributed by atoms with Crippen molar-refractivity contribution in [3.8, 4) is 0 Å². The fourth-order valence-corrected chi connectivity index (χ4v) is 4.09. The molecular weight excluding hydrogens is 438 g/mol. The molecule has 0 bridgehead atoms. The van der Waals surface area contributed by atoms with Gasteiger partial charge in [-0.15, -0.1) is 0 Å². The number of thiocarbonyl (C=S) groups is 1. The second-order valence-corrected chi connectivity index (χ2v) is 8.16. The zero-order chi connectivity index (χ0) is 21.1. The number of hydrogen-bond acceptors (Lipinski definition) is 8. The van der Waals surface area contributed by atoms with Crippen LogP contribution in [-0.2, 0) is 19.1 Å². The van der Waals surface area contributed by atoms with Gasteiger partial charge in [0.15, 0.2) is 6.04 Å². The molecule has 1 aromatic rings. The lowest BCUT2D eigenvalue weighted by Crippen LogP contribution is -2.35. The summed E-state index contributed by atoms with van der Waals surface area (Å²) in [5.41, 5.74) is 1.30. The van der Waals surface area contributed by atoms with Gasteiger partial charge in [0, 0.05) is 17.6 Å². The third kappa shape index (κ3) is 4.77. The predicted molar refractivity (Wildman–Crippen MR) is 112 cm³/mol. The van der Waals surface area contributed by atoms with Gasteiger partial charge in [0.1, 0.15) is 10.9 Å². The Bertz CT molecular complexity index is 932. The molecule has 0 saturated carbocycles. The maximum atomic E-state index is 12.6. The minimum Gasteiger partial charge on any atom is -0.480 e. The third-order valence-corrected chi connectivity index (χ3v) is 5.74. The maximum Gasteiger partial charge on any atom is 0.328 e. The van der Waals surface area contributed by atoms with Crippen molar-refractivity contribution in [3.63, 3.8) is 0 Å². The first-order valence-corrected chi connectivity index (χ1v) is 10.2. The second-order valence-electron chi connectivity index (χ2n) is 6.05. The van der Waals surface area contributed by atoms with E-state index in [1.165, 1.54) is 11.2 Å². The van der Waals surface area contributed by atoms with Gasteiger partial charge in [-0.05, 0) is 24.6 Å². The molecule has 3 rings (SSSR count). The third-order valence-electron chi connectivity index (χ3n) is 4.12. The Hall–Kier alpha value is -2.43. The number of ether oxygens (including phenoxy) is 1. The molecule has 1 saturated heterocycles. The number of hydrazone groups is 1. The summed E-state index contributed by atoms with van der Waals surface area (Å²) in [6.45, 7) is 1.56. The number of halogens is 1. The number of nitrogens with zero attached hydrogens (tertiary/aromatic N) is 3. The lowest BCUT2D eigenvalue weighted by molar-refractivity contribution is -0.145. The van der Waals surface area contributed by atoms with Gasteiger partial charge in [-0.3, -0.25) is 19.5 Å². The molecule has 0 radical (unpaired) electrons. The van der Waals surface area contributed by atoms with E-state index in [-0.39, 0.29) is 28.8 Å². The van der Waals surface area contributed by atoms with Crippen LogP contribution in [0.25, 0.3) is 0 Å². The largest absolute Gasteiger partial charge is 0.480 e. The first-order chi connectivity index (χ1) is 13.8. The van der Waals surface area contributed by atoms with E-state index in [0.29, 0.717) is 10.7 Å². The van der Waals surface area contributed by atoms with E-state index in [4.69, 9.17) is 28.6 Å². The molecule has 11 heteroatoms. The number of carbonyl (C=O) groups excluding carboxylic acids is 2. The van der Waals surface area contributed by atoms with Gasteiger partial charge in [-0.25, -0.2) is 4.79 Å². The summed E-state index contributed by atoms with van der Waals surface area (Å²) in [6.07, 6.45) is 1.52. The molecule has 152 valence electrons. The van der Waals surface area contributed by atoms with Crippen LogP contribution >= 0.6 is 35.6 Å². The highest BCUT2D eigenvalue weighted by molar-refractivity contribution is 8.26. The van der Waals surface area contributed by atoms with Crippen LogP contribution in [0.2, 0.25) is 5.02 Å². The van der Waals surface area contributed by atoms with Crippen molar-refractivity contribution in [1.29, 1.82) is 0 Å². The van der Waals surface area contributed by atoms with E-state index in [1.54, 1.807) is 31.2 Å². The molecular formula is C18H16ClN3O5S2. The summed E-state index contributed by atoms with van der Waals surface area (Å²) >= 11 is 12.0. The van der Waals surface area contributed by atoms with Crippen molar-refractivity contribution >= 4 is 63.5 Å². The van der Waals surface area contributed by atoms with E-state index in [0.717, 1.165) is 22.2 Å². The van der Waals surface area contributed by atoms with Crippen molar-refractivity contribution in [1.82, 2.24) is 9.91 Å². The number of amides is 1.